The van der Waals surface area contributed by atoms with E-state index in [4.69, 9.17) is 9.15 Å². The predicted octanol–water partition coefficient (Wildman–Crippen LogP) is 6.24. The largest absolute Gasteiger partial charge is 0.466 e. The summed E-state index contributed by atoms with van der Waals surface area (Å²) < 4.78 is 11.0. The molecule has 0 aliphatic heterocycles. The maximum atomic E-state index is 11.4. The maximum absolute atomic E-state index is 11.4. The average Bonchev–Trinajstić information content (AvgIpc) is 2.97. The Morgan fingerprint density at radius 2 is 1.46 bits per heavy atom. The van der Waals surface area contributed by atoms with Crippen molar-refractivity contribution in [2.75, 3.05) is 0 Å². The third-order valence-corrected chi connectivity index (χ3v) is 4.17. The van der Waals surface area contributed by atoms with Crippen LogP contribution >= 0.6 is 0 Å². The highest BCUT2D eigenvalue weighted by Crippen LogP contribution is 2.15. The Bertz CT molecular complexity index is 434. The molecule has 1 rings (SSSR count). The Kier molecular flexibility index (Phi) is 11.3. The molecule has 0 fully saturated rings. The van der Waals surface area contributed by atoms with Gasteiger partial charge >= 0.3 is 5.97 Å². The van der Waals surface area contributed by atoms with Gasteiger partial charge in [-0.2, -0.15) is 0 Å². The molecule has 1 heterocycles. The molecule has 1 aromatic rings. The van der Waals surface area contributed by atoms with Gasteiger partial charge in [-0.3, -0.25) is 4.79 Å². The monoisotopic (exact) mass is 336 g/mol. The van der Waals surface area contributed by atoms with Crippen molar-refractivity contribution in [1.82, 2.24) is 0 Å². The fourth-order valence-corrected chi connectivity index (χ4v) is 2.84. The number of hydrogen-bond acceptors (Lipinski definition) is 3. The molecule has 0 saturated heterocycles. The van der Waals surface area contributed by atoms with Crippen LogP contribution in [0.5, 0.6) is 0 Å². The van der Waals surface area contributed by atoms with Gasteiger partial charge in [0.15, 0.2) is 0 Å². The molecule has 24 heavy (non-hydrogen) atoms. The third-order valence-electron chi connectivity index (χ3n) is 4.17. The second-order valence-corrected chi connectivity index (χ2v) is 6.99. The number of carbonyl (C=O) groups excluding carboxylic acids is 1. The van der Waals surface area contributed by atoms with E-state index in [1.54, 1.807) is 0 Å². The normalized spacial score (nSPS) is 11.2. The second kappa shape index (κ2) is 13.1. The first kappa shape index (κ1) is 20.8. The average molecular weight is 337 g/mol. The van der Waals surface area contributed by atoms with E-state index < -0.39 is 0 Å². The molecule has 0 aliphatic rings. The zero-order chi connectivity index (χ0) is 17.6. The molecule has 0 bridgehead atoms. The quantitative estimate of drug-likeness (QED) is 0.298. The van der Waals surface area contributed by atoms with Gasteiger partial charge in [-0.15, -0.1) is 0 Å². The summed E-state index contributed by atoms with van der Waals surface area (Å²) in [6.07, 6.45) is 13.4. The molecule has 0 unspecified atom stereocenters. The minimum atomic E-state index is -0.0578. The number of esters is 1. The highest BCUT2D eigenvalue weighted by atomic mass is 16.5. The Hall–Kier alpha value is -1.25. The van der Waals surface area contributed by atoms with Crippen LogP contribution in [-0.2, 0) is 22.4 Å². The smallest absolute Gasteiger partial charge is 0.306 e. The molecular weight excluding hydrogens is 300 g/mol. The van der Waals surface area contributed by atoms with Crippen molar-refractivity contribution in [2.45, 2.75) is 104 Å². The lowest BCUT2D eigenvalue weighted by molar-refractivity contribution is -0.147. The molecule has 0 amide bonds. The standard InChI is InChI=1S/C21H36O3/c1-4-5-10-13-19-16-17-20(24-19)14-11-8-6-7-9-12-15-21(22)23-18(2)3/h16-18H,4-15H2,1-3H3. The van der Waals surface area contributed by atoms with Gasteiger partial charge in [0.05, 0.1) is 6.10 Å². The SMILES string of the molecule is CCCCCc1ccc(CCCCCCCCC(=O)OC(C)C)o1. The van der Waals surface area contributed by atoms with Gasteiger partial charge in [0, 0.05) is 19.3 Å². The molecule has 0 aromatic carbocycles. The first-order chi connectivity index (χ1) is 11.6. The number of unbranched alkanes of at least 4 members (excludes halogenated alkanes) is 7. The zero-order valence-electron chi connectivity index (χ0n) is 15.9. The van der Waals surface area contributed by atoms with E-state index in [1.165, 1.54) is 44.9 Å². The lowest BCUT2D eigenvalue weighted by Crippen LogP contribution is -2.10. The molecule has 0 atom stereocenters. The van der Waals surface area contributed by atoms with Crippen molar-refractivity contribution in [2.24, 2.45) is 0 Å². The lowest BCUT2D eigenvalue weighted by Gasteiger charge is -2.07. The Labute approximate surface area is 148 Å². The minimum Gasteiger partial charge on any atom is -0.466 e. The molecule has 0 saturated carbocycles. The zero-order valence-corrected chi connectivity index (χ0v) is 15.9. The van der Waals surface area contributed by atoms with Crippen LogP contribution in [0.4, 0.5) is 0 Å². The molecule has 1 aromatic heterocycles. The summed E-state index contributed by atoms with van der Waals surface area (Å²) in [6, 6.07) is 4.28. The lowest BCUT2D eigenvalue weighted by atomic mass is 10.1. The summed E-state index contributed by atoms with van der Waals surface area (Å²) in [4.78, 5) is 11.4. The van der Waals surface area contributed by atoms with Gasteiger partial charge in [-0.1, -0.05) is 45.4 Å². The molecule has 138 valence electrons. The number of hydrogen-bond donors (Lipinski definition) is 0. The van der Waals surface area contributed by atoms with Crippen LogP contribution in [0.2, 0.25) is 0 Å². The molecule has 0 radical (unpaired) electrons. The van der Waals surface area contributed by atoms with Gasteiger partial charge in [-0.25, -0.2) is 0 Å². The van der Waals surface area contributed by atoms with E-state index in [2.05, 4.69) is 19.1 Å². The summed E-state index contributed by atoms with van der Waals surface area (Å²) >= 11 is 0. The number of aryl methyl sites for hydroxylation is 2. The van der Waals surface area contributed by atoms with Crippen molar-refractivity contribution in [1.29, 1.82) is 0 Å². The van der Waals surface area contributed by atoms with Crippen LogP contribution in [0.3, 0.4) is 0 Å². The van der Waals surface area contributed by atoms with Gasteiger partial charge in [0.2, 0.25) is 0 Å². The summed E-state index contributed by atoms with van der Waals surface area (Å²) in [7, 11) is 0. The summed E-state index contributed by atoms with van der Waals surface area (Å²) in [5, 5.41) is 0. The maximum Gasteiger partial charge on any atom is 0.306 e. The second-order valence-electron chi connectivity index (χ2n) is 6.99. The fraction of sp³-hybridized carbons (Fsp3) is 0.762. The van der Waals surface area contributed by atoms with Crippen molar-refractivity contribution in [3.63, 3.8) is 0 Å². The number of ether oxygens (including phenoxy) is 1. The van der Waals surface area contributed by atoms with Crippen molar-refractivity contribution >= 4 is 5.97 Å². The van der Waals surface area contributed by atoms with Crippen LogP contribution in [-0.4, -0.2) is 12.1 Å². The highest BCUT2D eigenvalue weighted by Gasteiger charge is 2.05. The van der Waals surface area contributed by atoms with Gasteiger partial charge in [0.25, 0.3) is 0 Å². The van der Waals surface area contributed by atoms with Gasteiger partial charge in [-0.05, 0) is 45.2 Å². The first-order valence-corrected chi connectivity index (χ1v) is 9.89. The summed E-state index contributed by atoms with van der Waals surface area (Å²) in [5.74, 6) is 2.22. The van der Waals surface area contributed by atoms with E-state index in [0.29, 0.717) is 6.42 Å². The van der Waals surface area contributed by atoms with Crippen molar-refractivity contribution in [3.05, 3.63) is 23.7 Å². The van der Waals surface area contributed by atoms with Crippen LogP contribution in [0, 0.1) is 0 Å². The molecular formula is C21H36O3. The van der Waals surface area contributed by atoms with Crippen LogP contribution in [0.15, 0.2) is 16.5 Å². The molecule has 0 spiro atoms. The van der Waals surface area contributed by atoms with Crippen LogP contribution in [0.1, 0.15) is 96.5 Å². The van der Waals surface area contributed by atoms with E-state index in [1.807, 2.05) is 13.8 Å². The third kappa shape index (κ3) is 10.5. The van der Waals surface area contributed by atoms with Gasteiger partial charge in [0.1, 0.15) is 11.5 Å². The number of rotatable bonds is 14. The molecule has 0 N–H and O–H groups in total. The topological polar surface area (TPSA) is 39.4 Å². The van der Waals surface area contributed by atoms with Crippen molar-refractivity contribution < 1.29 is 13.9 Å². The van der Waals surface area contributed by atoms with Crippen LogP contribution < -0.4 is 0 Å². The number of carbonyl (C=O) groups is 1. The van der Waals surface area contributed by atoms with Crippen LogP contribution in [0.25, 0.3) is 0 Å². The Morgan fingerprint density at radius 3 is 2.04 bits per heavy atom. The van der Waals surface area contributed by atoms with E-state index >= 15 is 0 Å². The minimum absolute atomic E-state index is 0.00580. The van der Waals surface area contributed by atoms with Crippen molar-refractivity contribution in [3.8, 4) is 0 Å². The molecule has 3 heteroatoms. The predicted molar refractivity (Wildman–Crippen MR) is 99.2 cm³/mol. The first-order valence-electron chi connectivity index (χ1n) is 9.89. The summed E-state index contributed by atoms with van der Waals surface area (Å²) in [6.45, 7) is 6.01. The fourth-order valence-electron chi connectivity index (χ4n) is 2.84. The van der Waals surface area contributed by atoms with E-state index in [9.17, 15) is 4.79 Å². The highest BCUT2D eigenvalue weighted by molar-refractivity contribution is 5.69. The van der Waals surface area contributed by atoms with Gasteiger partial charge < -0.3 is 9.15 Å². The van der Waals surface area contributed by atoms with E-state index in [0.717, 1.165) is 37.2 Å². The summed E-state index contributed by atoms with van der Waals surface area (Å²) in [5.41, 5.74) is 0. The number of furan rings is 1. The Morgan fingerprint density at radius 1 is 0.917 bits per heavy atom. The van der Waals surface area contributed by atoms with E-state index in [-0.39, 0.29) is 12.1 Å². The Balaban J connectivity index is 1.96. The molecule has 3 nitrogen and oxygen atoms in total. The molecule has 0 aliphatic carbocycles.